The average molecular weight is 226 g/mol. The first-order chi connectivity index (χ1) is 7.40. The Bertz CT molecular complexity index is 344. The Kier molecular flexibility index (Phi) is 3.82. The van der Waals surface area contributed by atoms with E-state index in [1.54, 1.807) is 13.8 Å². The van der Waals surface area contributed by atoms with Crippen LogP contribution in [0.3, 0.4) is 0 Å². The number of hydrogen-bond donors (Lipinski definition) is 0. The summed E-state index contributed by atoms with van der Waals surface area (Å²) >= 11 is 0. The summed E-state index contributed by atoms with van der Waals surface area (Å²) in [5.74, 6) is -2.05. The molecule has 1 saturated heterocycles. The van der Waals surface area contributed by atoms with Crippen LogP contribution in [0.1, 0.15) is 26.7 Å². The van der Waals surface area contributed by atoms with Gasteiger partial charge in [-0.3, -0.25) is 9.59 Å². The van der Waals surface area contributed by atoms with Crippen molar-refractivity contribution < 1.29 is 23.9 Å². The van der Waals surface area contributed by atoms with Crippen LogP contribution in [0, 0.1) is 5.92 Å². The van der Waals surface area contributed by atoms with E-state index in [0.717, 1.165) is 0 Å². The van der Waals surface area contributed by atoms with E-state index in [2.05, 4.69) is 11.3 Å². The summed E-state index contributed by atoms with van der Waals surface area (Å²) in [4.78, 5) is 33.1. The topological polar surface area (TPSA) is 69.7 Å². The van der Waals surface area contributed by atoms with E-state index >= 15 is 0 Å². The second-order valence-electron chi connectivity index (χ2n) is 3.93. The maximum atomic E-state index is 11.2. The molecule has 0 radical (unpaired) electrons. The van der Waals surface area contributed by atoms with Crippen molar-refractivity contribution in [3.05, 3.63) is 12.2 Å². The van der Waals surface area contributed by atoms with Gasteiger partial charge in [-0.15, -0.1) is 0 Å². The lowest BCUT2D eigenvalue weighted by Gasteiger charge is -2.14. The summed E-state index contributed by atoms with van der Waals surface area (Å²) in [6.45, 7) is 6.65. The summed E-state index contributed by atoms with van der Waals surface area (Å²) in [5.41, 5.74) is 0.303. The fraction of sp³-hybridized carbons (Fsp3) is 0.545. The van der Waals surface area contributed by atoms with E-state index in [1.807, 2.05) is 0 Å². The zero-order valence-corrected chi connectivity index (χ0v) is 9.32. The molecule has 88 valence electrons. The molecule has 0 N–H and O–H groups in total. The van der Waals surface area contributed by atoms with Crippen molar-refractivity contribution >= 4 is 17.9 Å². The summed E-state index contributed by atoms with van der Waals surface area (Å²) in [6.07, 6.45) is -0.0788. The highest BCUT2D eigenvalue weighted by Gasteiger charge is 2.34. The fourth-order valence-electron chi connectivity index (χ4n) is 1.43. The van der Waals surface area contributed by atoms with Crippen molar-refractivity contribution in [2.24, 2.45) is 5.92 Å². The van der Waals surface area contributed by atoms with E-state index < -0.39 is 29.9 Å². The van der Waals surface area contributed by atoms with E-state index in [0.29, 0.717) is 12.0 Å². The van der Waals surface area contributed by atoms with Crippen LogP contribution in [0.4, 0.5) is 0 Å². The van der Waals surface area contributed by atoms with E-state index in [-0.39, 0.29) is 6.42 Å². The molecule has 1 aliphatic heterocycles. The standard InChI is InChI=1S/C11H14O5/c1-6(2)10(13)15-7(3)4-8-5-9(12)16-11(8)14/h7-8H,1,4-5H2,2-3H3. The zero-order valence-electron chi connectivity index (χ0n) is 9.32. The summed E-state index contributed by atoms with van der Waals surface area (Å²) in [5, 5.41) is 0. The lowest BCUT2D eigenvalue weighted by molar-refractivity contribution is -0.154. The first-order valence-corrected chi connectivity index (χ1v) is 5.01. The molecule has 5 heteroatoms. The maximum absolute atomic E-state index is 11.2. The van der Waals surface area contributed by atoms with Crippen LogP contribution in [-0.2, 0) is 23.9 Å². The summed E-state index contributed by atoms with van der Waals surface area (Å²) < 4.78 is 9.39. The van der Waals surface area contributed by atoms with E-state index in [4.69, 9.17) is 4.74 Å². The predicted octanol–water partition coefficient (Wildman–Crippen LogP) is 0.974. The molecule has 0 bridgehead atoms. The van der Waals surface area contributed by atoms with Gasteiger partial charge in [0, 0.05) is 5.57 Å². The molecule has 1 rings (SSSR count). The molecule has 0 saturated carbocycles. The Balaban J connectivity index is 2.43. The van der Waals surface area contributed by atoms with Crippen molar-refractivity contribution in [3.63, 3.8) is 0 Å². The average Bonchev–Trinajstić information content (AvgIpc) is 2.44. The third kappa shape index (κ3) is 3.18. The second-order valence-corrected chi connectivity index (χ2v) is 3.93. The Morgan fingerprint density at radius 2 is 2.25 bits per heavy atom. The molecule has 2 atom stereocenters. The molecule has 0 aromatic carbocycles. The van der Waals surface area contributed by atoms with Crippen LogP contribution in [0.5, 0.6) is 0 Å². The number of hydrogen-bond acceptors (Lipinski definition) is 5. The molecule has 1 fully saturated rings. The highest BCUT2D eigenvalue weighted by Crippen LogP contribution is 2.22. The van der Waals surface area contributed by atoms with Gasteiger partial charge < -0.3 is 9.47 Å². The minimum atomic E-state index is -0.539. The van der Waals surface area contributed by atoms with Gasteiger partial charge in [-0.05, 0) is 20.3 Å². The number of rotatable bonds is 4. The monoisotopic (exact) mass is 226 g/mol. The van der Waals surface area contributed by atoms with Gasteiger partial charge in [-0.25, -0.2) is 4.79 Å². The van der Waals surface area contributed by atoms with Gasteiger partial charge in [0.05, 0.1) is 12.3 Å². The van der Waals surface area contributed by atoms with Crippen LogP contribution >= 0.6 is 0 Å². The third-order valence-electron chi connectivity index (χ3n) is 2.23. The Morgan fingerprint density at radius 1 is 1.62 bits per heavy atom. The van der Waals surface area contributed by atoms with Crippen molar-refractivity contribution in [2.45, 2.75) is 32.8 Å². The molecule has 16 heavy (non-hydrogen) atoms. The molecular weight excluding hydrogens is 212 g/mol. The van der Waals surface area contributed by atoms with Crippen LogP contribution in [0.15, 0.2) is 12.2 Å². The molecule has 0 aliphatic carbocycles. The molecular formula is C11H14O5. The van der Waals surface area contributed by atoms with Gasteiger partial charge in [-0.1, -0.05) is 6.58 Å². The normalized spacial score (nSPS) is 21.5. The molecule has 2 unspecified atom stereocenters. The quantitative estimate of drug-likeness (QED) is 0.406. The minimum absolute atomic E-state index is 0.0633. The van der Waals surface area contributed by atoms with Gasteiger partial charge in [0.1, 0.15) is 6.10 Å². The van der Waals surface area contributed by atoms with Crippen molar-refractivity contribution in [1.82, 2.24) is 0 Å². The van der Waals surface area contributed by atoms with Crippen LogP contribution < -0.4 is 0 Å². The highest BCUT2D eigenvalue weighted by atomic mass is 16.6. The summed E-state index contributed by atoms with van der Waals surface area (Å²) in [6, 6.07) is 0. The second kappa shape index (κ2) is 4.92. The van der Waals surface area contributed by atoms with Crippen molar-refractivity contribution in [3.8, 4) is 0 Å². The lowest BCUT2D eigenvalue weighted by atomic mass is 10.0. The molecule has 0 aromatic rings. The Labute approximate surface area is 93.4 Å². The molecule has 5 nitrogen and oxygen atoms in total. The number of ether oxygens (including phenoxy) is 2. The van der Waals surface area contributed by atoms with E-state index in [9.17, 15) is 14.4 Å². The number of carbonyl (C=O) groups excluding carboxylic acids is 3. The first kappa shape index (κ1) is 12.4. The van der Waals surface area contributed by atoms with Crippen LogP contribution in [0.25, 0.3) is 0 Å². The smallest absolute Gasteiger partial charge is 0.333 e. The minimum Gasteiger partial charge on any atom is -0.459 e. The fourth-order valence-corrected chi connectivity index (χ4v) is 1.43. The van der Waals surface area contributed by atoms with Crippen LogP contribution in [0.2, 0.25) is 0 Å². The maximum Gasteiger partial charge on any atom is 0.333 e. The van der Waals surface area contributed by atoms with Gasteiger partial charge in [0.2, 0.25) is 0 Å². The molecule has 0 aromatic heterocycles. The SMILES string of the molecule is C=C(C)C(=O)OC(C)CC1CC(=O)OC1=O. The predicted molar refractivity (Wildman–Crippen MR) is 54.2 cm³/mol. The Morgan fingerprint density at radius 3 is 2.69 bits per heavy atom. The van der Waals surface area contributed by atoms with Crippen molar-refractivity contribution in [1.29, 1.82) is 0 Å². The molecule has 1 aliphatic rings. The van der Waals surface area contributed by atoms with Crippen LogP contribution in [-0.4, -0.2) is 24.0 Å². The summed E-state index contributed by atoms with van der Waals surface area (Å²) in [7, 11) is 0. The molecule has 1 heterocycles. The van der Waals surface area contributed by atoms with Gasteiger partial charge >= 0.3 is 17.9 Å². The van der Waals surface area contributed by atoms with Gasteiger partial charge in [0.15, 0.2) is 0 Å². The number of carbonyl (C=O) groups is 3. The van der Waals surface area contributed by atoms with Crippen molar-refractivity contribution in [2.75, 3.05) is 0 Å². The highest BCUT2D eigenvalue weighted by molar-refractivity contribution is 5.94. The van der Waals surface area contributed by atoms with E-state index in [1.165, 1.54) is 0 Å². The number of cyclic esters (lactones) is 2. The lowest BCUT2D eigenvalue weighted by Crippen LogP contribution is -2.21. The third-order valence-corrected chi connectivity index (χ3v) is 2.23. The molecule has 0 spiro atoms. The number of esters is 3. The Hall–Kier alpha value is -1.65. The van der Waals surface area contributed by atoms with Gasteiger partial charge in [0.25, 0.3) is 0 Å². The largest absolute Gasteiger partial charge is 0.459 e. The first-order valence-electron chi connectivity index (χ1n) is 5.01. The van der Waals surface area contributed by atoms with Gasteiger partial charge in [-0.2, -0.15) is 0 Å². The zero-order chi connectivity index (χ0) is 12.3. The molecule has 0 amide bonds.